The Bertz CT molecular complexity index is 448. The van der Waals surface area contributed by atoms with Gasteiger partial charge in [0.25, 0.3) is 0 Å². The fourth-order valence-electron chi connectivity index (χ4n) is 2.60. The van der Waals surface area contributed by atoms with E-state index in [0.29, 0.717) is 12.6 Å². The van der Waals surface area contributed by atoms with Crippen LogP contribution in [0.1, 0.15) is 12.0 Å². The van der Waals surface area contributed by atoms with Crippen LogP contribution in [0.25, 0.3) is 0 Å². The van der Waals surface area contributed by atoms with E-state index in [1.165, 1.54) is 0 Å². The lowest BCUT2D eigenvalue weighted by atomic mass is 10.2. The van der Waals surface area contributed by atoms with Crippen LogP contribution in [0.4, 0.5) is 4.79 Å². The molecule has 2 aliphatic heterocycles. The van der Waals surface area contributed by atoms with E-state index < -0.39 is 0 Å². The van der Waals surface area contributed by atoms with E-state index in [4.69, 9.17) is 9.47 Å². The van der Waals surface area contributed by atoms with Gasteiger partial charge in [0.05, 0.1) is 19.3 Å². The van der Waals surface area contributed by atoms with Crippen molar-refractivity contribution >= 4 is 6.09 Å². The lowest BCUT2D eigenvalue weighted by Crippen LogP contribution is -2.49. The Morgan fingerprint density at radius 2 is 2.15 bits per heavy atom. The highest BCUT2D eigenvalue weighted by molar-refractivity contribution is 5.67. The SMILES string of the molecule is O=C(N[C@@H]1CCN(C2COC2)C1)OCc1ccccc1. The van der Waals surface area contributed by atoms with Crippen molar-refractivity contribution in [2.75, 3.05) is 26.3 Å². The second kappa shape index (κ2) is 6.24. The predicted octanol–water partition coefficient (Wildman–Crippen LogP) is 1.39. The van der Waals surface area contributed by atoms with Crippen molar-refractivity contribution in [2.45, 2.75) is 25.1 Å². The van der Waals surface area contributed by atoms with Gasteiger partial charge in [0.1, 0.15) is 6.61 Å². The van der Waals surface area contributed by atoms with Gasteiger partial charge < -0.3 is 14.8 Å². The number of hydrogen-bond acceptors (Lipinski definition) is 4. The average Bonchev–Trinajstić information content (AvgIpc) is 2.84. The molecule has 0 aliphatic carbocycles. The number of amides is 1. The molecule has 0 unspecified atom stereocenters. The molecule has 0 bridgehead atoms. The minimum Gasteiger partial charge on any atom is -0.445 e. The monoisotopic (exact) mass is 276 g/mol. The van der Waals surface area contributed by atoms with Crippen LogP contribution in [0.3, 0.4) is 0 Å². The number of benzene rings is 1. The number of carbonyl (C=O) groups is 1. The number of ether oxygens (including phenoxy) is 2. The van der Waals surface area contributed by atoms with Crippen LogP contribution in [0.15, 0.2) is 30.3 Å². The smallest absolute Gasteiger partial charge is 0.407 e. The summed E-state index contributed by atoms with van der Waals surface area (Å²) in [7, 11) is 0. The minimum atomic E-state index is -0.328. The molecule has 2 fully saturated rings. The molecule has 0 saturated carbocycles. The zero-order chi connectivity index (χ0) is 13.8. The van der Waals surface area contributed by atoms with Crippen LogP contribution in [0.2, 0.25) is 0 Å². The van der Waals surface area contributed by atoms with Gasteiger partial charge in [-0.05, 0) is 12.0 Å². The van der Waals surface area contributed by atoms with E-state index >= 15 is 0 Å². The number of alkyl carbamates (subject to hydrolysis) is 1. The summed E-state index contributed by atoms with van der Waals surface area (Å²) < 4.78 is 10.4. The van der Waals surface area contributed by atoms with Gasteiger partial charge in [0.2, 0.25) is 0 Å². The second-order valence-electron chi connectivity index (χ2n) is 5.38. The number of rotatable bonds is 4. The number of nitrogens with one attached hydrogen (secondary N) is 1. The third-order valence-corrected chi connectivity index (χ3v) is 3.89. The van der Waals surface area contributed by atoms with Gasteiger partial charge in [0.15, 0.2) is 0 Å². The molecule has 1 aromatic carbocycles. The maximum Gasteiger partial charge on any atom is 0.407 e. The molecule has 1 aromatic rings. The van der Waals surface area contributed by atoms with Crippen molar-refractivity contribution < 1.29 is 14.3 Å². The van der Waals surface area contributed by atoms with E-state index in [1.54, 1.807) is 0 Å². The van der Waals surface area contributed by atoms with Gasteiger partial charge in [-0.15, -0.1) is 0 Å². The molecule has 5 heteroatoms. The maximum atomic E-state index is 11.8. The summed E-state index contributed by atoms with van der Waals surface area (Å²) in [5.41, 5.74) is 1.00. The maximum absolute atomic E-state index is 11.8. The average molecular weight is 276 g/mol. The Morgan fingerprint density at radius 1 is 1.35 bits per heavy atom. The molecule has 2 aliphatic rings. The normalized spacial score (nSPS) is 23.3. The molecule has 2 heterocycles. The largest absolute Gasteiger partial charge is 0.445 e. The summed E-state index contributed by atoms with van der Waals surface area (Å²) in [6.45, 7) is 3.89. The third-order valence-electron chi connectivity index (χ3n) is 3.89. The first kappa shape index (κ1) is 13.4. The number of hydrogen-bond donors (Lipinski definition) is 1. The lowest BCUT2D eigenvalue weighted by molar-refractivity contribution is -0.0575. The first-order valence-corrected chi connectivity index (χ1v) is 7.10. The van der Waals surface area contributed by atoms with Crippen LogP contribution >= 0.6 is 0 Å². The highest BCUT2D eigenvalue weighted by atomic mass is 16.5. The third kappa shape index (κ3) is 3.29. The van der Waals surface area contributed by atoms with E-state index in [9.17, 15) is 4.79 Å². The van der Waals surface area contributed by atoms with Crippen molar-refractivity contribution in [3.8, 4) is 0 Å². The van der Waals surface area contributed by atoms with E-state index in [0.717, 1.165) is 38.3 Å². The number of carbonyl (C=O) groups excluding carboxylic acids is 1. The highest BCUT2D eigenvalue weighted by Gasteiger charge is 2.32. The summed E-state index contributed by atoms with van der Waals surface area (Å²) in [6.07, 6.45) is 0.655. The Kier molecular flexibility index (Phi) is 4.18. The number of likely N-dealkylation sites (tertiary alicyclic amines) is 1. The molecule has 5 nitrogen and oxygen atoms in total. The van der Waals surface area contributed by atoms with Gasteiger partial charge in [-0.2, -0.15) is 0 Å². The first-order chi connectivity index (χ1) is 9.81. The minimum absolute atomic E-state index is 0.193. The standard InChI is InChI=1S/C15H20N2O3/c18-15(20-9-12-4-2-1-3-5-12)16-13-6-7-17(8-13)14-10-19-11-14/h1-5,13-14H,6-11H2,(H,16,18)/t13-/m1/s1. The van der Waals surface area contributed by atoms with E-state index in [2.05, 4.69) is 10.2 Å². The topological polar surface area (TPSA) is 50.8 Å². The van der Waals surface area contributed by atoms with Gasteiger partial charge in [-0.3, -0.25) is 4.90 Å². The number of nitrogens with zero attached hydrogens (tertiary/aromatic N) is 1. The van der Waals surface area contributed by atoms with Crippen molar-refractivity contribution in [3.63, 3.8) is 0 Å². The van der Waals surface area contributed by atoms with Crippen LogP contribution in [0.5, 0.6) is 0 Å². The van der Waals surface area contributed by atoms with Crippen LogP contribution in [-0.2, 0) is 16.1 Å². The summed E-state index contributed by atoms with van der Waals surface area (Å²) >= 11 is 0. The molecule has 0 radical (unpaired) electrons. The van der Waals surface area contributed by atoms with Crippen molar-refractivity contribution in [3.05, 3.63) is 35.9 Å². The fourth-order valence-corrected chi connectivity index (χ4v) is 2.60. The molecule has 0 spiro atoms. The van der Waals surface area contributed by atoms with Gasteiger partial charge >= 0.3 is 6.09 Å². The molecule has 20 heavy (non-hydrogen) atoms. The summed E-state index contributed by atoms with van der Waals surface area (Å²) in [5, 5.41) is 2.94. The van der Waals surface area contributed by atoms with Crippen molar-refractivity contribution in [2.24, 2.45) is 0 Å². The molecule has 108 valence electrons. The van der Waals surface area contributed by atoms with Gasteiger partial charge in [-0.1, -0.05) is 30.3 Å². The first-order valence-electron chi connectivity index (χ1n) is 7.10. The molecule has 0 aromatic heterocycles. The summed E-state index contributed by atoms with van der Waals surface area (Å²) in [6, 6.07) is 10.4. The Morgan fingerprint density at radius 3 is 2.85 bits per heavy atom. The molecular formula is C15H20N2O3. The zero-order valence-corrected chi connectivity index (χ0v) is 11.5. The zero-order valence-electron chi connectivity index (χ0n) is 11.5. The Balaban J connectivity index is 1.38. The van der Waals surface area contributed by atoms with Gasteiger partial charge in [0, 0.05) is 19.1 Å². The van der Waals surface area contributed by atoms with Crippen molar-refractivity contribution in [1.82, 2.24) is 10.2 Å². The lowest BCUT2D eigenvalue weighted by Gasteiger charge is -2.34. The van der Waals surface area contributed by atoms with Crippen LogP contribution in [0, 0.1) is 0 Å². The summed E-state index contributed by atoms with van der Waals surface area (Å²) in [4.78, 5) is 14.1. The van der Waals surface area contributed by atoms with Crippen LogP contribution in [-0.4, -0.2) is 49.4 Å². The predicted molar refractivity (Wildman–Crippen MR) is 74.3 cm³/mol. The second-order valence-corrected chi connectivity index (χ2v) is 5.38. The molecule has 1 atom stereocenters. The Hall–Kier alpha value is -1.59. The molecule has 1 N–H and O–H groups in total. The van der Waals surface area contributed by atoms with Crippen molar-refractivity contribution in [1.29, 1.82) is 0 Å². The Labute approximate surface area is 118 Å². The quantitative estimate of drug-likeness (QED) is 0.903. The molecule has 1 amide bonds. The van der Waals surface area contributed by atoms with E-state index in [1.807, 2.05) is 30.3 Å². The van der Waals surface area contributed by atoms with Crippen LogP contribution < -0.4 is 5.32 Å². The molecule has 3 rings (SSSR count). The van der Waals surface area contributed by atoms with E-state index in [-0.39, 0.29) is 12.1 Å². The van der Waals surface area contributed by atoms with Gasteiger partial charge in [-0.25, -0.2) is 4.79 Å². The highest BCUT2D eigenvalue weighted by Crippen LogP contribution is 2.17. The fraction of sp³-hybridized carbons (Fsp3) is 0.533. The molecule has 2 saturated heterocycles. The molecular weight excluding hydrogens is 256 g/mol. The summed E-state index contributed by atoms with van der Waals surface area (Å²) in [5.74, 6) is 0.